The zero-order valence-corrected chi connectivity index (χ0v) is 21.4. The predicted molar refractivity (Wildman–Crippen MR) is 147 cm³/mol. The second-order valence-electron chi connectivity index (χ2n) is 7.73. The summed E-state index contributed by atoms with van der Waals surface area (Å²) in [6, 6.07) is 16.9. The summed E-state index contributed by atoms with van der Waals surface area (Å²) in [6.45, 7) is 4.04. The molecule has 0 aliphatic rings. The summed E-state index contributed by atoms with van der Waals surface area (Å²) in [4.78, 5) is 23.6. The average Bonchev–Trinajstić information content (AvgIpc) is 2.84. The molecule has 0 aliphatic heterocycles. The molecule has 11 nitrogen and oxygen atoms in total. The van der Waals surface area contributed by atoms with Crippen molar-refractivity contribution >= 4 is 63.7 Å². The first-order valence-corrected chi connectivity index (χ1v) is 11.7. The number of nitrogens with zero attached hydrogens (tertiary/aromatic N) is 5. The van der Waals surface area contributed by atoms with Crippen LogP contribution in [0.4, 0.5) is 34.9 Å². The number of non-ortho nitro benzene ring substituents is 1. The fraction of sp³-hybridized carbons (Fsp3) is 0.0833. The van der Waals surface area contributed by atoms with Gasteiger partial charge in [-0.05, 0) is 90.0 Å². The highest BCUT2D eigenvalue weighted by Crippen LogP contribution is 2.22. The number of nitrogens with one attached hydrogen (secondary N) is 3. The molecule has 0 amide bonds. The summed E-state index contributed by atoms with van der Waals surface area (Å²) in [6.07, 6.45) is 1.46. The van der Waals surface area contributed by atoms with Gasteiger partial charge in [0.2, 0.25) is 17.8 Å². The van der Waals surface area contributed by atoms with E-state index in [4.69, 9.17) is 0 Å². The van der Waals surface area contributed by atoms with Crippen LogP contribution >= 0.6 is 22.6 Å². The molecule has 0 fully saturated rings. The third kappa shape index (κ3) is 6.41. The molecule has 0 saturated carbocycles. The molecular weight excluding hydrogens is 575 g/mol. The smallest absolute Gasteiger partial charge is 0.269 e. The first-order chi connectivity index (χ1) is 17.3. The normalized spacial score (nSPS) is 10.9. The maximum atomic E-state index is 10.9. The van der Waals surface area contributed by atoms with Crippen molar-refractivity contribution in [2.45, 2.75) is 13.8 Å². The summed E-state index contributed by atoms with van der Waals surface area (Å²) < 4.78 is 0.946. The Balaban J connectivity index is 1.61. The Morgan fingerprint density at radius 2 is 1.53 bits per heavy atom. The van der Waals surface area contributed by atoms with Crippen molar-refractivity contribution in [3.8, 4) is 5.75 Å². The molecule has 1 aromatic heterocycles. The number of anilines is 5. The number of aryl methyl sites for hydroxylation is 2. The van der Waals surface area contributed by atoms with E-state index in [1.54, 1.807) is 30.3 Å². The minimum absolute atomic E-state index is 0.0242. The molecule has 4 rings (SSSR count). The van der Waals surface area contributed by atoms with E-state index in [0.717, 1.165) is 20.4 Å². The highest BCUT2D eigenvalue weighted by Gasteiger charge is 2.10. The Hall–Kier alpha value is -4.33. The number of nitro groups is 1. The van der Waals surface area contributed by atoms with Gasteiger partial charge in [-0.25, -0.2) is 5.43 Å². The molecule has 0 spiro atoms. The third-order valence-corrected chi connectivity index (χ3v) is 5.76. The lowest BCUT2D eigenvalue weighted by molar-refractivity contribution is -0.384. The molecule has 12 heteroatoms. The van der Waals surface area contributed by atoms with E-state index in [-0.39, 0.29) is 29.3 Å². The number of hydrogen-bond donors (Lipinski definition) is 4. The van der Waals surface area contributed by atoms with Gasteiger partial charge in [-0.3, -0.25) is 10.1 Å². The number of hydrazone groups is 1. The van der Waals surface area contributed by atoms with Gasteiger partial charge in [-0.15, -0.1) is 0 Å². The summed E-state index contributed by atoms with van der Waals surface area (Å²) >= 11 is 2.14. The first kappa shape index (κ1) is 24.8. The molecule has 3 aromatic carbocycles. The van der Waals surface area contributed by atoms with Crippen molar-refractivity contribution in [3.05, 3.63) is 91.0 Å². The second-order valence-corrected chi connectivity index (χ2v) is 8.98. The minimum atomic E-state index is -0.468. The Morgan fingerprint density at radius 1 is 0.889 bits per heavy atom. The number of hydrogen-bond acceptors (Lipinski definition) is 10. The van der Waals surface area contributed by atoms with Crippen molar-refractivity contribution in [2.75, 3.05) is 16.1 Å². The number of phenols is 1. The van der Waals surface area contributed by atoms with Gasteiger partial charge < -0.3 is 15.7 Å². The van der Waals surface area contributed by atoms with Gasteiger partial charge in [0.1, 0.15) is 5.75 Å². The van der Waals surface area contributed by atoms with Gasteiger partial charge in [0.05, 0.1) is 11.1 Å². The maximum Gasteiger partial charge on any atom is 0.269 e. The number of rotatable bonds is 8. The molecule has 4 N–H and O–H groups in total. The van der Waals surface area contributed by atoms with E-state index in [9.17, 15) is 15.2 Å². The summed E-state index contributed by atoms with van der Waals surface area (Å²) in [5.41, 5.74) is 6.89. The maximum absolute atomic E-state index is 10.9. The lowest BCUT2D eigenvalue weighted by atomic mass is 10.1. The van der Waals surface area contributed by atoms with Crippen molar-refractivity contribution in [1.82, 2.24) is 15.0 Å². The number of nitro benzene ring substituents is 1. The van der Waals surface area contributed by atoms with Crippen LogP contribution in [0.5, 0.6) is 5.75 Å². The van der Waals surface area contributed by atoms with Crippen LogP contribution in [0.3, 0.4) is 0 Å². The topological polar surface area (TPSA) is 150 Å². The number of halogens is 1. The molecule has 182 valence electrons. The van der Waals surface area contributed by atoms with Crippen LogP contribution in [0.15, 0.2) is 65.8 Å². The first-order valence-electron chi connectivity index (χ1n) is 10.7. The molecule has 0 saturated heterocycles. The number of aromatic hydroxyl groups is 1. The van der Waals surface area contributed by atoms with Crippen molar-refractivity contribution < 1.29 is 10.0 Å². The third-order valence-electron chi connectivity index (χ3n) is 5.09. The SMILES string of the molecule is Cc1ccc(Nc2nc(N/N=C\c3cc(I)ccc3O)nc(Nc3ccc([N+](=O)[O-])cc3)n2)cc1C. The van der Waals surface area contributed by atoms with Crippen LogP contribution in [-0.4, -0.2) is 31.2 Å². The molecule has 1 heterocycles. The molecular formula is C24H21IN8O3. The zero-order valence-electron chi connectivity index (χ0n) is 19.2. The van der Waals surface area contributed by atoms with E-state index in [1.807, 2.05) is 32.0 Å². The highest BCUT2D eigenvalue weighted by molar-refractivity contribution is 14.1. The lowest BCUT2D eigenvalue weighted by Crippen LogP contribution is -2.07. The average molecular weight is 596 g/mol. The Kier molecular flexibility index (Phi) is 7.53. The van der Waals surface area contributed by atoms with E-state index < -0.39 is 4.92 Å². The van der Waals surface area contributed by atoms with Crippen molar-refractivity contribution in [1.29, 1.82) is 0 Å². The van der Waals surface area contributed by atoms with Gasteiger partial charge in [-0.2, -0.15) is 20.1 Å². The molecule has 0 atom stereocenters. The predicted octanol–water partition coefficient (Wildman–Crippen LogP) is 5.64. The second kappa shape index (κ2) is 10.9. The van der Waals surface area contributed by atoms with E-state index in [0.29, 0.717) is 11.3 Å². The van der Waals surface area contributed by atoms with Crippen LogP contribution in [0.1, 0.15) is 16.7 Å². The van der Waals surface area contributed by atoms with Crippen LogP contribution < -0.4 is 16.1 Å². The number of phenolic OH excluding ortho intramolecular Hbond substituents is 1. The Labute approximate surface area is 220 Å². The van der Waals surface area contributed by atoms with Gasteiger partial charge in [0.15, 0.2) is 0 Å². The van der Waals surface area contributed by atoms with Crippen LogP contribution in [-0.2, 0) is 0 Å². The summed E-state index contributed by atoms with van der Waals surface area (Å²) in [7, 11) is 0. The fourth-order valence-corrected chi connectivity index (χ4v) is 3.59. The highest BCUT2D eigenvalue weighted by atomic mass is 127. The number of benzene rings is 3. The lowest BCUT2D eigenvalue weighted by Gasteiger charge is -2.11. The fourth-order valence-electron chi connectivity index (χ4n) is 3.07. The molecule has 0 aliphatic carbocycles. The standard InChI is InChI=1S/C24H21IN8O3/c1-14-3-5-19(11-15(14)2)28-23-29-22(27-18-6-8-20(9-7-18)33(35)36)30-24(31-23)32-26-13-16-12-17(25)4-10-21(16)34/h3-13,34H,1-2H3,(H3,27,28,29,30,31,32)/b26-13-. The van der Waals surface area contributed by atoms with Crippen molar-refractivity contribution in [3.63, 3.8) is 0 Å². The Bertz CT molecular complexity index is 1440. The van der Waals surface area contributed by atoms with E-state index >= 15 is 0 Å². The van der Waals surface area contributed by atoms with E-state index in [2.05, 4.69) is 58.7 Å². The molecule has 36 heavy (non-hydrogen) atoms. The van der Waals surface area contributed by atoms with Gasteiger partial charge in [0, 0.05) is 32.6 Å². The van der Waals surface area contributed by atoms with Gasteiger partial charge >= 0.3 is 0 Å². The largest absolute Gasteiger partial charge is 0.507 e. The minimum Gasteiger partial charge on any atom is -0.507 e. The van der Waals surface area contributed by atoms with E-state index in [1.165, 1.54) is 18.3 Å². The quantitative estimate of drug-likeness (QED) is 0.0877. The molecule has 4 aromatic rings. The Morgan fingerprint density at radius 3 is 2.19 bits per heavy atom. The monoisotopic (exact) mass is 596 g/mol. The van der Waals surface area contributed by atoms with Gasteiger partial charge in [-0.1, -0.05) is 6.07 Å². The zero-order chi connectivity index (χ0) is 25.7. The summed E-state index contributed by atoms with van der Waals surface area (Å²) in [5.74, 6) is 0.684. The van der Waals surface area contributed by atoms with Crippen LogP contribution in [0, 0.1) is 27.5 Å². The van der Waals surface area contributed by atoms with Gasteiger partial charge in [0.25, 0.3) is 5.69 Å². The van der Waals surface area contributed by atoms with Crippen LogP contribution in [0.2, 0.25) is 0 Å². The number of aromatic nitrogens is 3. The van der Waals surface area contributed by atoms with Crippen molar-refractivity contribution in [2.24, 2.45) is 5.10 Å². The summed E-state index contributed by atoms with van der Waals surface area (Å²) in [5, 5.41) is 31.3. The van der Waals surface area contributed by atoms with Crippen LogP contribution in [0.25, 0.3) is 0 Å². The molecule has 0 radical (unpaired) electrons. The molecule has 0 bridgehead atoms. The molecule has 0 unspecified atom stereocenters.